The van der Waals surface area contributed by atoms with Gasteiger partial charge in [0.25, 0.3) is 5.91 Å². The standard InChI is InChI=1S/C22H26N6O3/c1-15-13-16(2)28(24-15)14-20(29)26-10-9-19(21-23-17(3)25-31-21)27(12-11-26)22(30)18-7-5-4-6-8-18/h4-8,13,19H,9-12,14H2,1-3H3. The fraction of sp³-hybridized carbons (Fsp3) is 0.409. The predicted molar refractivity (Wildman–Crippen MR) is 112 cm³/mol. The molecule has 0 aliphatic carbocycles. The van der Waals surface area contributed by atoms with Crippen molar-refractivity contribution in [2.45, 2.75) is 39.8 Å². The predicted octanol–water partition coefficient (Wildman–Crippen LogP) is 2.31. The van der Waals surface area contributed by atoms with Gasteiger partial charge in [-0.05, 0) is 45.4 Å². The molecule has 0 spiro atoms. The van der Waals surface area contributed by atoms with Crippen molar-refractivity contribution < 1.29 is 14.1 Å². The first kappa shape index (κ1) is 20.8. The van der Waals surface area contributed by atoms with Crippen LogP contribution in [0.3, 0.4) is 0 Å². The summed E-state index contributed by atoms with van der Waals surface area (Å²) < 4.78 is 7.13. The number of hydrogen-bond acceptors (Lipinski definition) is 6. The Morgan fingerprint density at radius 3 is 2.52 bits per heavy atom. The molecule has 1 aromatic carbocycles. The van der Waals surface area contributed by atoms with Gasteiger partial charge in [-0.3, -0.25) is 14.3 Å². The number of carbonyl (C=O) groups is 2. The van der Waals surface area contributed by atoms with Gasteiger partial charge < -0.3 is 14.3 Å². The molecule has 2 aromatic heterocycles. The molecule has 3 aromatic rings. The Bertz CT molecular complexity index is 1070. The van der Waals surface area contributed by atoms with Crippen LogP contribution >= 0.6 is 0 Å². The second kappa shape index (κ2) is 8.71. The number of aryl methyl sites for hydroxylation is 3. The number of hydrogen-bond donors (Lipinski definition) is 0. The monoisotopic (exact) mass is 422 g/mol. The lowest BCUT2D eigenvalue weighted by Crippen LogP contribution is -2.39. The Morgan fingerprint density at radius 1 is 1.10 bits per heavy atom. The molecule has 1 atom stereocenters. The van der Waals surface area contributed by atoms with Gasteiger partial charge in [-0.25, -0.2) is 0 Å². The summed E-state index contributed by atoms with van der Waals surface area (Å²) in [6, 6.07) is 10.7. The van der Waals surface area contributed by atoms with E-state index in [2.05, 4.69) is 15.2 Å². The molecule has 9 nitrogen and oxygen atoms in total. The second-order valence-electron chi connectivity index (χ2n) is 7.81. The highest BCUT2D eigenvalue weighted by Crippen LogP contribution is 2.27. The summed E-state index contributed by atoms with van der Waals surface area (Å²) in [5.41, 5.74) is 2.42. The molecule has 1 unspecified atom stereocenters. The van der Waals surface area contributed by atoms with E-state index >= 15 is 0 Å². The molecule has 1 fully saturated rings. The normalized spacial score (nSPS) is 16.9. The fourth-order valence-corrected chi connectivity index (χ4v) is 3.94. The van der Waals surface area contributed by atoms with Crippen LogP contribution < -0.4 is 0 Å². The molecule has 0 saturated carbocycles. The quantitative estimate of drug-likeness (QED) is 0.640. The van der Waals surface area contributed by atoms with E-state index in [-0.39, 0.29) is 24.4 Å². The number of benzene rings is 1. The van der Waals surface area contributed by atoms with Crippen molar-refractivity contribution in [1.29, 1.82) is 0 Å². The molecule has 31 heavy (non-hydrogen) atoms. The average molecular weight is 422 g/mol. The maximum absolute atomic E-state index is 13.3. The summed E-state index contributed by atoms with van der Waals surface area (Å²) in [6.07, 6.45) is 0.517. The van der Waals surface area contributed by atoms with Crippen LogP contribution in [0.1, 0.15) is 45.9 Å². The van der Waals surface area contributed by atoms with Gasteiger partial charge in [0.15, 0.2) is 5.82 Å². The van der Waals surface area contributed by atoms with E-state index in [9.17, 15) is 9.59 Å². The Balaban J connectivity index is 1.55. The summed E-state index contributed by atoms with van der Waals surface area (Å²) in [7, 11) is 0. The number of carbonyl (C=O) groups excluding carboxylic acids is 2. The Labute approximate surface area is 180 Å². The molecule has 0 bridgehead atoms. The van der Waals surface area contributed by atoms with E-state index in [0.29, 0.717) is 43.3 Å². The maximum Gasteiger partial charge on any atom is 0.254 e. The van der Waals surface area contributed by atoms with Crippen LogP contribution in [-0.4, -0.2) is 61.2 Å². The molecular weight excluding hydrogens is 396 g/mol. The third-order valence-corrected chi connectivity index (χ3v) is 5.51. The van der Waals surface area contributed by atoms with Gasteiger partial charge in [0.05, 0.1) is 5.69 Å². The molecule has 162 valence electrons. The fourth-order valence-electron chi connectivity index (χ4n) is 3.94. The average Bonchev–Trinajstić information content (AvgIpc) is 3.24. The Hall–Kier alpha value is -3.49. The highest BCUT2D eigenvalue weighted by atomic mass is 16.5. The largest absolute Gasteiger partial charge is 0.339 e. The van der Waals surface area contributed by atoms with Crippen molar-refractivity contribution in [3.05, 3.63) is 65.1 Å². The van der Waals surface area contributed by atoms with Crippen molar-refractivity contribution in [3.8, 4) is 0 Å². The van der Waals surface area contributed by atoms with Gasteiger partial charge in [0.2, 0.25) is 11.8 Å². The van der Waals surface area contributed by atoms with Gasteiger partial charge in [-0.1, -0.05) is 23.4 Å². The molecule has 2 amide bonds. The van der Waals surface area contributed by atoms with Gasteiger partial charge in [0, 0.05) is 30.9 Å². The molecule has 1 aliphatic heterocycles. The zero-order valence-electron chi connectivity index (χ0n) is 18.0. The number of rotatable bonds is 4. The van der Waals surface area contributed by atoms with Crippen molar-refractivity contribution in [3.63, 3.8) is 0 Å². The minimum absolute atomic E-state index is 0.0272. The summed E-state index contributed by atoms with van der Waals surface area (Å²) in [5, 5.41) is 8.28. The molecule has 1 aliphatic rings. The molecular formula is C22H26N6O3. The van der Waals surface area contributed by atoms with E-state index in [1.807, 2.05) is 38.1 Å². The van der Waals surface area contributed by atoms with Crippen LogP contribution in [0.15, 0.2) is 40.9 Å². The SMILES string of the molecule is Cc1cc(C)n(CC(=O)N2CCC(c3nc(C)no3)N(C(=O)c3ccccc3)CC2)n1. The van der Waals surface area contributed by atoms with Gasteiger partial charge in [0.1, 0.15) is 12.6 Å². The van der Waals surface area contributed by atoms with Crippen molar-refractivity contribution in [2.24, 2.45) is 0 Å². The van der Waals surface area contributed by atoms with Crippen LogP contribution in [0.25, 0.3) is 0 Å². The zero-order chi connectivity index (χ0) is 22.0. The van der Waals surface area contributed by atoms with Crippen LogP contribution in [0.5, 0.6) is 0 Å². The molecule has 9 heteroatoms. The van der Waals surface area contributed by atoms with Gasteiger partial charge in [-0.15, -0.1) is 0 Å². The van der Waals surface area contributed by atoms with E-state index in [0.717, 1.165) is 11.4 Å². The van der Waals surface area contributed by atoms with E-state index < -0.39 is 0 Å². The minimum Gasteiger partial charge on any atom is -0.339 e. The summed E-state index contributed by atoms with van der Waals surface area (Å²) in [6.45, 7) is 7.06. The second-order valence-corrected chi connectivity index (χ2v) is 7.81. The van der Waals surface area contributed by atoms with E-state index in [4.69, 9.17) is 4.52 Å². The first-order valence-corrected chi connectivity index (χ1v) is 10.4. The topological polar surface area (TPSA) is 97.4 Å². The number of amides is 2. The molecule has 3 heterocycles. The smallest absolute Gasteiger partial charge is 0.254 e. The maximum atomic E-state index is 13.3. The van der Waals surface area contributed by atoms with Crippen LogP contribution in [0.4, 0.5) is 0 Å². The summed E-state index contributed by atoms with van der Waals surface area (Å²) in [4.78, 5) is 34.1. The van der Waals surface area contributed by atoms with Gasteiger partial charge in [-0.2, -0.15) is 10.1 Å². The molecule has 0 N–H and O–H groups in total. The van der Waals surface area contributed by atoms with Crippen LogP contribution in [0, 0.1) is 20.8 Å². The first-order chi connectivity index (χ1) is 14.9. The lowest BCUT2D eigenvalue weighted by atomic mass is 10.1. The summed E-state index contributed by atoms with van der Waals surface area (Å²) >= 11 is 0. The zero-order valence-corrected chi connectivity index (χ0v) is 18.0. The van der Waals surface area contributed by atoms with Crippen LogP contribution in [-0.2, 0) is 11.3 Å². The van der Waals surface area contributed by atoms with Gasteiger partial charge >= 0.3 is 0 Å². The third-order valence-electron chi connectivity index (χ3n) is 5.51. The summed E-state index contributed by atoms with van der Waals surface area (Å²) in [5.74, 6) is 0.772. The van der Waals surface area contributed by atoms with E-state index in [1.54, 1.807) is 33.5 Å². The molecule has 0 radical (unpaired) electrons. The van der Waals surface area contributed by atoms with E-state index in [1.165, 1.54) is 0 Å². The van der Waals surface area contributed by atoms with Crippen molar-refractivity contribution in [2.75, 3.05) is 19.6 Å². The Kier molecular flexibility index (Phi) is 5.83. The lowest BCUT2D eigenvalue weighted by molar-refractivity contribution is -0.131. The Morgan fingerprint density at radius 2 is 1.87 bits per heavy atom. The van der Waals surface area contributed by atoms with Crippen molar-refractivity contribution in [1.82, 2.24) is 29.7 Å². The van der Waals surface area contributed by atoms with Crippen LogP contribution in [0.2, 0.25) is 0 Å². The number of nitrogens with zero attached hydrogens (tertiary/aromatic N) is 6. The lowest BCUT2D eigenvalue weighted by Gasteiger charge is -2.27. The minimum atomic E-state index is -0.389. The molecule has 4 rings (SSSR count). The number of aromatic nitrogens is 4. The highest BCUT2D eigenvalue weighted by Gasteiger charge is 2.34. The first-order valence-electron chi connectivity index (χ1n) is 10.4. The van der Waals surface area contributed by atoms with Crippen molar-refractivity contribution >= 4 is 11.8 Å². The third kappa shape index (κ3) is 4.50. The molecule has 1 saturated heterocycles. The highest BCUT2D eigenvalue weighted by molar-refractivity contribution is 5.94.